The van der Waals surface area contributed by atoms with E-state index in [0.29, 0.717) is 46.2 Å². The molecule has 0 radical (unpaired) electrons. The Hall–Kier alpha value is -3.53. The lowest BCUT2D eigenvalue weighted by atomic mass is 9.91. The van der Waals surface area contributed by atoms with Gasteiger partial charge in [-0.2, -0.15) is 5.26 Å². The zero-order valence-corrected chi connectivity index (χ0v) is 17.9. The number of fused-ring (bicyclic) bond motifs is 2. The lowest BCUT2D eigenvalue weighted by molar-refractivity contribution is -0.121. The van der Waals surface area contributed by atoms with Crippen LogP contribution >= 0.6 is 0 Å². The number of benzene rings is 1. The van der Waals surface area contributed by atoms with Gasteiger partial charge in [-0.3, -0.25) is 9.78 Å². The number of halogens is 1. The van der Waals surface area contributed by atoms with Crippen molar-refractivity contribution in [1.82, 2.24) is 9.97 Å². The summed E-state index contributed by atoms with van der Waals surface area (Å²) < 4.78 is 20.0. The van der Waals surface area contributed by atoms with Crippen LogP contribution in [0.15, 0.2) is 48.8 Å². The Kier molecular flexibility index (Phi) is 4.75. The fourth-order valence-corrected chi connectivity index (χ4v) is 5.75. The Bertz CT molecular complexity index is 1260. The highest BCUT2D eigenvalue weighted by atomic mass is 19.1. The van der Waals surface area contributed by atoms with E-state index < -0.39 is 0 Å². The highest BCUT2D eigenvalue weighted by Gasteiger charge is 2.63. The van der Waals surface area contributed by atoms with Crippen LogP contribution in [0.25, 0.3) is 10.9 Å². The predicted octanol–water partition coefficient (Wildman–Crippen LogP) is 4.71. The predicted molar refractivity (Wildman–Crippen MR) is 120 cm³/mol. The molecule has 7 heteroatoms. The fraction of sp³-hybridized carbons (Fsp3) is 0.385. The molecule has 3 aromatic rings. The molecule has 2 heterocycles. The topological polar surface area (TPSA) is 87.9 Å². The van der Waals surface area contributed by atoms with E-state index in [1.54, 1.807) is 30.5 Å². The number of anilines is 1. The van der Waals surface area contributed by atoms with Crippen LogP contribution in [0.4, 0.5) is 10.2 Å². The van der Waals surface area contributed by atoms with Gasteiger partial charge in [0.2, 0.25) is 5.91 Å². The van der Waals surface area contributed by atoms with Crippen molar-refractivity contribution in [2.24, 2.45) is 29.6 Å². The summed E-state index contributed by atoms with van der Waals surface area (Å²) >= 11 is 0. The molecular formula is C26H23FN4O2. The maximum Gasteiger partial charge on any atom is 0.229 e. The zero-order chi connectivity index (χ0) is 22.5. The molecule has 0 bridgehead atoms. The van der Waals surface area contributed by atoms with Gasteiger partial charge in [0.05, 0.1) is 17.2 Å². The largest absolute Gasteiger partial charge is 0.490 e. The van der Waals surface area contributed by atoms with E-state index in [0.717, 1.165) is 31.2 Å². The molecule has 3 aliphatic carbocycles. The van der Waals surface area contributed by atoms with Crippen LogP contribution in [0.1, 0.15) is 31.2 Å². The number of hydrogen-bond acceptors (Lipinski definition) is 5. The van der Waals surface area contributed by atoms with Gasteiger partial charge in [-0.25, -0.2) is 9.37 Å². The summed E-state index contributed by atoms with van der Waals surface area (Å²) in [6.45, 7) is 0. The van der Waals surface area contributed by atoms with Crippen LogP contribution in [0.3, 0.4) is 0 Å². The Morgan fingerprint density at radius 2 is 1.97 bits per heavy atom. The second kappa shape index (κ2) is 7.80. The fourth-order valence-electron chi connectivity index (χ4n) is 5.75. The molecule has 1 N–H and O–H groups in total. The first-order chi connectivity index (χ1) is 16.1. The van der Waals surface area contributed by atoms with Crippen molar-refractivity contribution in [2.45, 2.75) is 31.8 Å². The summed E-state index contributed by atoms with van der Waals surface area (Å²) in [5.41, 5.74) is 1.19. The number of rotatable bonds is 6. The molecule has 6 nitrogen and oxygen atoms in total. The first-order valence-corrected chi connectivity index (χ1v) is 11.5. The van der Waals surface area contributed by atoms with Crippen molar-refractivity contribution in [3.05, 3.63) is 60.2 Å². The summed E-state index contributed by atoms with van der Waals surface area (Å²) in [6, 6.07) is 11.7. The van der Waals surface area contributed by atoms with Crippen molar-refractivity contribution >= 4 is 22.6 Å². The van der Waals surface area contributed by atoms with Gasteiger partial charge in [-0.1, -0.05) is 0 Å². The van der Waals surface area contributed by atoms with Gasteiger partial charge in [-0.15, -0.1) is 0 Å². The van der Waals surface area contributed by atoms with E-state index >= 15 is 0 Å². The third-order valence-corrected chi connectivity index (χ3v) is 7.42. The molecule has 3 fully saturated rings. The summed E-state index contributed by atoms with van der Waals surface area (Å²) in [5, 5.41) is 12.6. The van der Waals surface area contributed by atoms with Crippen molar-refractivity contribution in [2.75, 3.05) is 5.32 Å². The van der Waals surface area contributed by atoms with Crippen LogP contribution in [-0.2, 0) is 4.79 Å². The van der Waals surface area contributed by atoms with E-state index in [-0.39, 0.29) is 23.7 Å². The zero-order valence-electron chi connectivity index (χ0n) is 17.9. The van der Waals surface area contributed by atoms with E-state index in [2.05, 4.69) is 15.3 Å². The molecule has 1 amide bonds. The molecule has 33 heavy (non-hydrogen) atoms. The second-order valence-electron chi connectivity index (χ2n) is 9.48. The van der Waals surface area contributed by atoms with Gasteiger partial charge >= 0.3 is 0 Å². The molecule has 3 aliphatic rings. The van der Waals surface area contributed by atoms with Gasteiger partial charge in [0.1, 0.15) is 23.5 Å². The van der Waals surface area contributed by atoms with Crippen LogP contribution in [-0.4, -0.2) is 22.0 Å². The number of nitrogens with zero attached hydrogens (tertiary/aromatic N) is 3. The standard InChI is InChI=1S/C26H23FN4O2/c27-16-4-5-21-20(9-16)22(7-8-29-21)33-17-10-18-19(11-17)25(18)24(15-2-3-15)26(32)31-23-6-1-14(12-28)13-30-23/h1,4-9,13,15,17-19,24-25H,2-3,10-11H2,(H,30,31,32)/t17?,18-,19+,24?,25?. The number of amides is 1. The minimum absolute atomic E-state index is 0.00856. The Morgan fingerprint density at radius 3 is 2.67 bits per heavy atom. The molecule has 2 aromatic heterocycles. The average molecular weight is 442 g/mol. The minimum atomic E-state index is -0.301. The Labute approximate surface area is 190 Å². The molecule has 3 saturated carbocycles. The summed E-state index contributed by atoms with van der Waals surface area (Å²) in [6.07, 6.45) is 7.28. The summed E-state index contributed by atoms with van der Waals surface area (Å²) in [7, 11) is 0. The number of nitrogens with one attached hydrogen (secondary N) is 1. The number of nitriles is 1. The maximum absolute atomic E-state index is 13.8. The first kappa shape index (κ1) is 20.1. The molecule has 0 spiro atoms. The number of carbonyl (C=O) groups excluding carboxylic acids is 1. The second-order valence-corrected chi connectivity index (χ2v) is 9.48. The van der Waals surface area contributed by atoms with Crippen molar-refractivity contribution in [3.8, 4) is 11.8 Å². The molecular weight excluding hydrogens is 419 g/mol. The smallest absolute Gasteiger partial charge is 0.229 e. The van der Waals surface area contributed by atoms with Crippen molar-refractivity contribution in [1.29, 1.82) is 5.26 Å². The van der Waals surface area contributed by atoms with E-state index in [1.165, 1.54) is 18.3 Å². The molecule has 0 saturated heterocycles. The van der Waals surface area contributed by atoms with E-state index in [1.807, 2.05) is 6.07 Å². The number of aromatic nitrogens is 2. The molecule has 1 aromatic carbocycles. The highest BCUT2D eigenvalue weighted by Crippen LogP contribution is 2.64. The number of pyridine rings is 2. The molecule has 166 valence electrons. The molecule has 0 aliphatic heterocycles. The van der Waals surface area contributed by atoms with Crippen molar-refractivity contribution in [3.63, 3.8) is 0 Å². The van der Waals surface area contributed by atoms with Crippen LogP contribution < -0.4 is 10.1 Å². The quantitative estimate of drug-likeness (QED) is 0.597. The van der Waals surface area contributed by atoms with Gasteiger partial charge in [-0.05, 0) is 85.8 Å². The maximum atomic E-state index is 13.8. The van der Waals surface area contributed by atoms with Gasteiger partial charge in [0.25, 0.3) is 0 Å². The Balaban J connectivity index is 1.12. The highest BCUT2D eigenvalue weighted by molar-refractivity contribution is 5.92. The molecule has 3 unspecified atom stereocenters. The van der Waals surface area contributed by atoms with Crippen LogP contribution in [0.2, 0.25) is 0 Å². The normalized spacial score (nSPS) is 26.3. The first-order valence-electron chi connectivity index (χ1n) is 11.5. The number of hydrogen-bond donors (Lipinski definition) is 1. The molecule has 5 atom stereocenters. The third-order valence-electron chi connectivity index (χ3n) is 7.42. The Morgan fingerprint density at radius 1 is 1.15 bits per heavy atom. The van der Waals surface area contributed by atoms with Gasteiger partial charge < -0.3 is 10.1 Å². The minimum Gasteiger partial charge on any atom is -0.490 e. The summed E-state index contributed by atoms with van der Waals surface area (Å²) in [4.78, 5) is 21.6. The lowest BCUT2D eigenvalue weighted by Crippen LogP contribution is -2.29. The van der Waals surface area contributed by atoms with Gasteiger partial charge in [0, 0.05) is 23.7 Å². The summed E-state index contributed by atoms with van der Waals surface area (Å²) in [5.74, 6) is 2.74. The number of ether oxygens (including phenoxy) is 1. The SMILES string of the molecule is N#Cc1ccc(NC(=O)C(C2CC2)C2[C@H]3CC(Oc4ccnc5ccc(F)cc45)C[C@@H]23)nc1. The van der Waals surface area contributed by atoms with Gasteiger partial charge in [0.15, 0.2) is 0 Å². The monoisotopic (exact) mass is 442 g/mol. The molecule has 6 rings (SSSR count). The number of carbonyl (C=O) groups is 1. The van der Waals surface area contributed by atoms with Crippen molar-refractivity contribution < 1.29 is 13.9 Å². The lowest BCUT2D eigenvalue weighted by Gasteiger charge is -2.22. The third kappa shape index (κ3) is 3.80. The van der Waals surface area contributed by atoms with Crippen LogP contribution in [0, 0.1) is 46.7 Å². The van der Waals surface area contributed by atoms with E-state index in [9.17, 15) is 9.18 Å². The van der Waals surface area contributed by atoms with E-state index in [4.69, 9.17) is 10.00 Å². The van der Waals surface area contributed by atoms with Crippen LogP contribution in [0.5, 0.6) is 5.75 Å². The average Bonchev–Trinajstić information content (AvgIpc) is 3.73.